The number of halogens is 4. The summed E-state index contributed by atoms with van der Waals surface area (Å²) < 4.78 is 79.8. The summed E-state index contributed by atoms with van der Waals surface area (Å²) in [6.45, 7) is 12.6. The molecule has 0 saturated carbocycles. The maximum absolute atomic E-state index is 15.1. The van der Waals surface area contributed by atoms with E-state index in [1.807, 2.05) is 26.8 Å². The number of Topliss-reactive ketones (excluding diaryl/α,β-unsaturated/α-hetero) is 2. The van der Waals surface area contributed by atoms with Gasteiger partial charge in [-0.25, -0.2) is 9.59 Å². The first kappa shape index (κ1) is 70.2. The molecule has 0 unspecified atom stereocenters. The number of nitrogens with two attached hydrogens (primary N) is 1. The number of unbranched alkanes of at least 4 members (excludes halogenated alkanes) is 2. The van der Waals surface area contributed by atoms with Gasteiger partial charge in [0.15, 0.2) is 5.78 Å². The lowest BCUT2D eigenvalue weighted by molar-refractivity contribution is -0.187. The number of ketones is 2. The van der Waals surface area contributed by atoms with Crippen LogP contribution < -0.4 is 31.3 Å². The van der Waals surface area contributed by atoms with Crippen LogP contribution in [0.25, 0.3) is 0 Å². The number of esters is 2. The molecular formula is C62H85ClF3N5O15. The number of rotatable bonds is 25. The fraction of sp³-hybridized carbons (Fsp3) is 0.613. The number of hydrogen-bond donors (Lipinski definition) is 5. The summed E-state index contributed by atoms with van der Waals surface area (Å²) in [5.74, 6) is -4.99. The lowest BCUT2D eigenvalue weighted by Crippen LogP contribution is -2.53. The molecule has 0 radical (unpaired) electrons. The summed E-state index contributed by atoms with van der Waals surface area (Å²) in [5.41, 5.74) is 1.44. The highest BCUT2D eigenvalue weighted by atomic mass is 35.5. The molecule has 476 valence electrons. The van der Waals surface area contributed by atoms with Gasteiger partial charge in [0.25, 0.3) is 0 Å². The van der Waals surface area contributed by atoms with Crippen molar-refractivity contribution in [2.75, 3.05) is 44.6 Å². The van der Waals surface area contributed by atoms with E-state index in [0.717, 1.165) is 11.6 Å². The third-order valence-electron chi connectivity index (χ3n) is 16.4. The second-order valence-corrected chi connectivity index (χ2v) is 23.6. The van der Waals surface area contributed by atoms with Crippen molar-refractivity contribution in [1.29, 1.82) is 0 Å². The number of allylic oxidation sites excluding steroid dienone is 3. The summed E-state index contributed by atoms with van der Waals surface area (Å²) in [4.78, 5) is 108. The maximum atomic E-state index is 15.1. The molecule has 24 heteroatoms. The number of hydrogen-bond acceptors (Lipinski definition) is 15. The zero-order chi connectivity index (χ0) is 63.8. The summed E-state index contributed by atoms with van der Waals surface area (Å²) >= 11 is 6.80. The molecule has 3 aliphatic heterocycles. The Morgan fingerprint density at radius 3 is 2.36 bits per heavy atom. The zero-order valence-electron chi connectivity index (χ0n) is 50.8. The van der Waals surface area contributed by atoms with E-state index in [-0.39, 0.29) is 90.9 Å². The van der Waals surface area contributed by atoms with E-state index >= 15 is 13.2 Å². The van der Waals surface area contributed by atoms with Gasteiger partial charge >= 0.3 is 30.2 Å². The van der Waals surface area contributed by atoms with E-state index in [2.05, 4.69) is 16.0 Å². The van der Waals surface area contributed by atoms with E-state index in [4.69, 9.17) is 45.8 Å². The Hall–Kier alpha value is -6.56. The molecule has 5 rings (SSSR count). The molecule has 6 N–H and O–H groups in total. The summed E-state index contributed by atoms with van der Waals surface area (Å²) in [6, 6.07) is 4.07. The Balaban J connectivity index is 1.37. The SMILES string of the molecule is CCC(CC)C(=O)OCCCCCC(=O)C[C@H](C(=O)N[C@@H](CCCNC(N)=O)C(=O)Cc1ccc(NC(=O)O[C@H]2CC(=O)N(C)c3cc(cc(OC)c3Cl)C/C(C)=C/C=C/[C@@H](OC)[C@]3(O)CC(=O)O[C@@H](C3)[C@@H](C)[C@@H]3O[C@@]23C)c(C(F)(F)F)c1)C(C)C. The average molecular weight is 1230 g/mol. The van der Waals surface area contributed by atoms with Crippen LogP contribution in [-0.4, -0.2) is 129 Å². The van der Waals surface area contributed by atoms with Crippen LogP contribution in [0.4, 0.5) is 34.1 Å². The van der Waals surface area contributed by atoms with Crippen LogP contribution in [0, 0.1) is 23.7 Å². The van der Waals surface area contributed by atoms with Gasteiger partial charge in [-0.1, -0.05) is 76.1 Å². The molecule has 9 atom stereocenters. The molecular weight excluding hydrogens is 1150 g/mol. The van der Waals surface area contributed by atoms with Crippen molar-refractivity contribution in [3.05, 3.63) is 75.8 Å². The van der Waals surface area contributed by atoms with Gasteiger partial charge in [-0.2, -0.15) is 13.2 Å². The van der Waals surface area contributed by atoms with Crippen LogP contribution >= 0.6 is 11.6 Å². The second-order valence-electron chi connectivity index (χ2n) is 23.2. The van der Waals surface area contributed by atoms with Crippen molar-refractivity contribution < 1.29 is 85.1 Å². The fourth-order valence-electron chi connectivity index (χ4n) is 11.1. The van der Waals surface area contributed by atoms with E-state index in [1.54, 1.807) is 45.1 Å². The van der Waals surface area contributed by atoms with Crippen molar-refractivity contribution >= 4 is 70.4 Å². The molecule has 3 heterocycles. The number of benzene rings is 2. The van der Waals surface area contributed by atoms with E-state index in [0.29, 0.717) is 50.2 Å². The molecule has 2 aromatic carbocycles. The van der Waals surface area contributed by atoms with Crippen LogP contribution in [0.2, 0.25) is 5.02 Å². The van der Waals surface area contributed by atoms with Gasteiger partial charge in [-0.15, -0.1) is 0 Å². The molecule has 0 aromatic heterocycles. The smallest absolute Gasteiger partial charge is 0.418 e. The first-order valence-corrected chi connectivity index (χ1v) is 29.7. The van der Waals surface area contributed by atoms with Crippen molar-refractivity contribution in [3.8, 4) is 5.75 Å². The van der Waals surface area contributed by atoms with E-state index in [9.17, 15) is 43.5 Å². The molecule has 4 bridgehead atoms. The van der Waals surface area contributed by atoms with Crippen molar-refractivity contribution in [2.45, 2.75) is 186 Å². The van der Waals surface area contributed by atoms with Crippen LogP contribution in [0.15, 0.2) is 54.1 Å². The minimum absolute atomic E-state index is 0.00613. The number of primary amides is 1. The number of amides is 5. The number of methoxy groups -OCH3 is 2. The minimum Gasteiger partial charge on any atom is -0.495 e. The number of anilines is 2. The van der Waals surface area contributed by atoms with Gasteiger partial charge in [0.05, 0.1) is 61.6 Å². The molecule has 2 aromatic rings. The molecule has 2 fully saturated rings. The molecule has 20 nitrogen and oxygen atoms in total. The summed E-state index contributed by atoms with van der Waals surface area (Å²) in [6.07, 6.45) is -4.05. The number of fused-ring (bicyclic) bond motifs is 5. The van der Waals surface area contributed by atoms with E-state index < -0.39 is 126 Å². The Bertz CT molecular complexity index is 2830. The van der Waals surface area contributed by atoms with Crippen molar-refractivity contribution in [1.82, 2.24) is 10.6 Å². The van der Waals surface area contributed by atoms with Gasteiger partial charge < -0.3 is 54.8 Å². The van der Waals surface area contributed by atoms with Crippen molar-refractivity contribution in [2.24, 2.45) is 29.4 Å². The third-order valence-corrected chi connectivity index (χ3v) is 16.8. The quantitative estimate of drug-likeness (QED) is 0.0268. The predicted octanol–water partition coefficient (Wildman–Crippen LogP) is 9.46. The van der Waals surface area contributed by atoms with Gasteiger partial charge in [-0.05, 0) is 107 Å². The Morgan fingerprint density at radius 1 is 1.01 bits per heavy atom. The monoisotopic (exact) mass is 1230 g/mol. The number of carbonyl (C=O) groups is 8. The van der Waals surface area contributed by atoms with Gasteiger partial charge in [0.2, 0.25) is 11.8 Å². The molecule has 5 amide bonds. The average Bonchev–Trinajstić information content (AvgIpc) is 1.72. The minimum atomic E-state index is -5.13. The van der Waals surface area contributed by atoms with Gasteiger partial charge in [0.1, 0.15) is 46.1 Å². The lowest BCUT2D eigenvalue weighted by atomic mass is 9.78. The number of urea groups is 1. The van der Waals surface area contributed by atoms with Crippen molar-refractivity contribution in [3.63, 3.8) is 0 Å². The second kappa shape index (κ2) is 31.4. The molecule has 3 aliphatic rings. The number of ether oxygens (including phenoxy) is 6. The largest absolute Gasteiger partial charge is 0.495 e. The van der Waals surface area contributed by atoms with Gasteiger partial charge in [-0.3, -0.25) is 34.1 Å². The van der Waals surface area contributed by atoms with Gasteiger partial charge in [0, 0.05) is 58.2 Å². The number of carbonyl (C=O) groups excluding carboxylic acids is 8. The predicted molar refractivity (Wildman–Crippen MR) is 314 cm³/mol. The zero-order valence-corrected chi connectivity index (χ0v) is 51.6. The number of nitrogens with zero attached hydrogens (tertiary/aromatic N) is 1. The van der Waals surface area contributed by atoms with E-state index in [1.165, 1.54) is 39.2 Å². The summed E-state index contributed by atoms with van der Waals surface area (Å²) in [5, 5.41) is 19.4. The molecule has 0 spiro atoms. The highest BCUT2D eigenvalue weighted by Crippen LogP contribution is 2.50. The standard InChI is InChI=1S/C62H85ClF3N5O15/c1-11-40(12-2)57(77)83-25-15-13-14-19-41(72)31-42(35(3)4)56(76)69-45(20-17-24-68-58(67)78)47(73)29-38-22-23-44(43(27-38)62(64,65)66)70-59(79)85-51-32-52(74)71(8)46-28-39(30-48(81-9)54(46)63)26-36(5)18-16-21-50(82-10)61(80)33-49(84-53(75)34-61)37(6)55-60(51,7)86-55/h16,18,21-23,27-28,30,35,37,40,42,45,49-51,55,80H,11-15,17,19-20,24-26,29,31-34H2,1-10H3,(H,69,76)(H,70,79)(H3,67,68,78)/b21-16+,36-18+/t37-,42+,45+,49+,50-,51+,55+,60+,61-/m1/s1. The van der Waals surface area contributed by atoms with Crippen LogP contribution in [0.3, 0.4) is 0 Å². The number of epoxide rings is 1. The molecule has 0 aliphatic carbocycles. The number of aliphatic hydroxyl groups is 1. The Morgan fingerprint density at radius 2 is 1.72 bits per heavy atom. The topological polar surface area (TPSA) is 281 Å². The lowest BCUT2D eigenvalue weighted by Gasteiger charge is -2.41. The van der Waals surface area contributed by atoms with Crippen LogP contribution in [0.5, 0.6) is 5.75 Å². The number of nitrogens with one attached hydrogen (secondary N) is 3. The highest BCUT2D eigenvalue weighted by molar-refractivity contribution is 6.35. The maximum Gasteiger partial charge on any atom is 0.418 e. The summed E-state index contributed by atoms with van der Waals surface area (Å²) in [7, 11) is 4.24. The normalized spacial score (nSPS) is 24.3. The van der Waals surface area contributed by atoms with Crippen LogP contribution in [0.1, 0.15) is 142 Å². The Kier molecular flexibility index (Phi) is 25.6. The Labute approximate surface area is 506 Å². The van der Waals surface area contributed by atoms with Crippen LogP contribution in [-0.2, 0) is 71.5 Å². The highest BCUT2D eigenvalue weighted by Gasteiger charge is 2.64. The fourth-order valence-corrected chi connectivity index (χ4v) is 11.4. The number of alkyl halides is 3. The first-order valence-electron chi connectivity index (χ1n) is 29.3. The first-order chi connectivity index (χ1) is 40.5. The third kappa shape index (κ3) is 19.2. The molecule has 86 heavy (non-hydrogen) atoms. The molecule has 2 saturated heterocycles.